The first-order chi connectivity index (χ1) is 41.4. The summed E-state index contributed by atoms with van der Waals surface area (Å²) in [6.45, 7) is 17.6. The van der Waals surface area contributed by atoms with Gasteiger partial charge in [0.15, 0.2) is 6.23 Å². The van der Waals surface area contributed by atoms with Crippen molar-refractivity contribution in [2.75, 3.05) is 30.0 Å². The van der Waals surface area contributed by atoms with E-state index in [0.717, 1.165) is 22.5 Å². The fourth-order valence-electron chi connectivity index (χ4n) is 15.3. The fraction of sp³-hybridized carbons (Fsp3) is 0.661. The molecule has 29 heteroatoms. The van der Waals surface area contributed by atoms with Crippen molar-refractivity contribution in [2.24, 2.45) is 73.8 Å². The summed E-state index contributed by atoms with van der Waals surface area (Å²) in [5, 5.41) is 49.8. The zero-order chi connectivity index (χ0) is 65.8. The van der Waals surface area contributed by atoms with Crippen molar-refractivity contribution in [3.05, 3.63) is 90.6 Å². The minimum atomic E-state index is -5.04. The Morgan fingerprint density at radius 1 is 0.791 bits per heavy atom. The van der Waals surface area contributed by atoms with Crippen molar-refractivity contribution < 1.29 is 83.8 Å². The number of carbonyl (C=O) groups is 7. The molecule has 1 radical (unpaired) electrons. The van der Waals surface area contributed by atoms with Gasteiger partial charge in [0.2, 0.25) is 41.4 Å². The van der Waals surface area contributed by atoms with Crippen molar-refractivity contribution in [1.29, 1.82) is 0 Å². The Hall–Kier alpha value is -6.23. The van der Waals surface area contributed by atoms with Crippen LogP contribution in [0.4, 0.5) is 11.4 Å². The van der Waals surface area contributed by atoms with Gasteiger partial charge in [-0.05, 0) is 116 Å². The van der Waals surface area contributed by atoms with Crippen LogP contribution in [0.5, 0.6) is 0 Å². The molecular weight excluding hydrogens is 1240 g/mol. The molecule has 1 aromatic rings. The van der Waals surface area contributed by atoms with E-state index in [1.54, 1.807) is 25.7 Å². The maximum absolute atomic E-state index is 14.3. The number of nitrogens with two attached hydrogens (primary N) is 6. The molecule has 1 aromatic carbocycles. The number of nitrogens with one attached hydrogen (secondary N) is 2. The third-order valence-electron chi connectivity index (χ3n) is 20.5. The second-order valence-corrected chi connectivity index (χ2v) is 28.2. The van der Waals surface area contributed by atoms with Crippen LogP contribution in [0.15, 0.2) is 58.2 Å². The summed E-state index contributed by atoms with van der Waals surface area (Å²) < 4.78 is 30.7. The van der Waals surface area contributed by atoms with Gasteiger partial charge in [-0.3, -0.25) is 42.6 Å². The molecule has 8 rings (SSSR count). The first kappa shape index (κ1) is 73.8. The topological polar surface area (TPSA) is 465 Å². The number of phosphoric acid groups is 1. The molecule has 16 atom stereocenters. The van der Waals surface area contributed by atoms with Gasteiger partial charge in [0.1, 0.15) is 18.3 Å². The summed E-state index contributed by atoms with van der Waals surface area (Å²) in [6, 6.07) is 1.36. The summed E-state index contributed by atoms with van der Waals surface area (Å²) >= 11 is 0. The molecule has 7 aliphatic heterocycles. The molecule has 7 amide bonds. The number of aliphatic hydroxyl groups is 2. The first-order valence-electron chi connectivity index (χ1n) is 30.4. The Bertz CT molecular complexity index is 3220. The van der Waals surface area contributed by atoms with E-state index in [1.807, 2.05) is 65.8 Å². The summed E-state index contributed by atoms with van der Waals surface area (Å²) in [6.07, 6.45) is -3.66. The van der Waals surface area contributed by atoms with Gasteiger partial charge in [-0.15, -0.1) is 29.4 Å². The van der Waals surface area contributed by atoms with Crippen LogP contribution in [0.3, 0.4) is 0 Å². The van der Waals surface area contributed by atoms with E-state index in [2.05, 4.69) is 10.6 Å². The molecular formula is C62H94CoN13O14P-4. The molecule has 0 spiro atoms. The van der Waals surface area contributed by atoms with Crippen LogP contribution in [-0.2, 0) is 68.7 Å². The average Bonchev–Trinajstić information content (AvgIpc) is 1.54. The molecule has 0 saturated carbocycles. The molecule has 0 aliphatic carbocycles. The number of primary amides is 6. The molecule has 8 bridgehead atoms. The quantitative estimate of drug-likeness (QED) is 0.0542. The van der Waals surface area contributed by atoms with E-state index in [4.69, 9.17) is 69.5 Å². The van der Waals surface area contributed by atoms with Gasteiger partial charge in [-0.2, -0.15) is 17.1 Å². The molecule has 91 heavy (non-hydrogen) atoms. The molecule has 7 heterocycles. The first-order valence-corrected chi connectivity index (χ1v) is 31.9. The van der Waals surface area contributed by atoms with E-state index < -0.39 is 150 Å². The number of ether oxygens (including phenoxy) is 1. The average molecular weight is 1340 g/mol. The molecule has 4 saturated heterocycles. The van der Waals surface area contributed by atoms with Crippen LogP contribution in [-0.4, -0.2) is 131 Å². The van der Waals surface area contributed by atoms with Crippen LogP contribution in [0, 0.1) is 53.3 Å². The van der Waals surface area contributed by atoms with Crippen LogP contribution in [0.25, 0.3) is 21.3 Å². The van der Waals surface area contributed by atoms with E-state index in [-0.39, 0.29) is 108 Å². The van der Waals surface area contributed by atoms with E-state index in [0.29, 0.717) is 33.9 Å². The second kappa shape index (κ2) is 27.8. The van der Waals surface area contributed by atoms with Crippen LogP contribution < -0.4 is 49.9 Å². The van der Waals surface area contributed by atoms with Crippen LogP contribution in [0.2, 0.25) is 0 Å². The Kier molecular flexibility index (Phi) is 22.5. The second-order valence-electron chi connectivity index (χ2n) is 26.9. The zero-order valence-corrected chi connectivity index (χ0v) is 54.8. The van der Waals surface area contributed by atoms with E-state index >= 15 is 0 Å². The van der Waals surface area contributed by atoms with Crippen LogP contribution in [0.1, 0.15) is 145 Å². The molecule has 4 fully saturated rings. The van der Waals surface area contributed by atoms with E-state index in [9.17, 15) is 53.2 Å². The number of aliphatic hydroxyl groups excluding tert-OH is 2. The third kappa shape index (κ3) is 14.5. The summed E-state index contributed by atoms with van der Waals surface area (Å²) in [5.41, 5.74) is 36.1. The zero-order valence-electron chi connectivity index (χ0n) is 52.9. The number of anilines is 2. The molecule has 0 aromatic heterocycles. The summed E-state index contributed by atoms with van der Waals surface area (Å²) in [4.78, 5) is 106. The smallest absolute Gasteiger partial charge is 0.472 e. The number of carbonyl (C=O) groups excluding carboxylic acids is 7. The molecule has 16 unspecified atom stereocenters. The summed E-state index contributed by atoms with van der Waals surface area (Å²) in [7, 11) is -5.04. The maximum Gasteiger partial charge on any atom is 0.472 e. The van der Waals surface area contributed by atoms with E-state index in [1.165, 1.54) is 6.92 Å². The van der Waals surface area contributed by atoms with Gasteiger partial charge in [0, 0.05) is 68.3 Å². The molecule has 27 nitrogen and oxygen atoms in total. The van der Waals surface area contributed by atoms with Crippen LogP contribution >= 0.6 is 7.82 Å². The molecule has 509 valence electrons. The largest absolute Gasteiger partial charge is 0.685 e. The predicted molar refractivity (Wildman–Crippen MR) is 337 cm³/mol. The fourth-order valence-corrected chi connectivity index (χ4v) is 16.4. The number of benzene rings is 1. The number of allylic oxidation sites excluding steroid dienone is 4. The van der Waals surface area contributed by atoms with Gasteiger partial charge in [-0.1, -0.05) is 72.2 Å². The number of rotatable bonds is 26. The number of hydrogen-bond donors (Lipinski definition) is 11. The number of amides is 7. The van der Waals surface area contributed by atoms with Crippen molar-refractivity contribution >= 4 is 60.5 Å². The monoisotopic (exact) mass is 1330 g/mol. The van der Waals surface area contributed by atoms with Gasteiger partial charge in [0.05, 0.1) is 30.8 Å². The van der Waals surface area contributed by atoms with Gasteiger partial charge in [0.25, 0.3) is 0 Å². The van der Waals surface area contributed by atoms with Crippen molar-refractivity contribution in [3.8, 4) is 0 Å². The minimum Gasteiger partial charge on any atom is -0.685 e. The molecule has 17 N–H and O–H groups in total. The minimum absolute atomic E-state index is 0. The third-order valence-corrected chi connectivity index (χ3v) is 21.6. The SMILES string of the molecule is C.C/C1=C2/[N-]C(/C=C3\[N-]C(/C=C4\[N-]C(C(CC(N)=O)C4(C)CCC(=O)NCC(C)OP(=O)(O)OC4C(CO)OC(N5CNc6cc(C)c(C)cc65)C4O)C4(C)[N-]C1=C(CCC(N)=O)C4(C)CC(N)=O)C(CCC(N)=O)C3(C)C)C(CCC(N)=O)C2(C)CC(N)=O.[Co]. The molecule has 7 aliphatic rings. The number of aryl methyl sites for hydroxylation is 2. The Balaban J connectivity index is 0.00000658. The number of phosphoric ester groups is 1. The normalized spacial score (nSPS) is 34.6. The van der Waals surface area contributed by atoms with Crippen molar-refractivity contribution in [3.63, 3.8) is 0 Å². The van der Waals surface area contributed by atoms with Gasteiger partial charge < -0.3 is 91.0 Å². The maximum atomic E-state index is 14.3. The van der Waals surface area contributed by atoms with Gasteiger partial charge >= 0.3 is 7.82 Å². The Morgan fingerprint density at radius 3 is 1.98 bits per heavy atom. The predicted octanol–water partition coefficient (Wildman–Crippen LogP) is 5.03. The Morgan fingerprint density at radius 2 is 1.38 bits per heavy atom. The standard InChI is InChI=1S/C61H90N13O14P.CH4.Co/c1-29-19-39-40(20-30(29)2)74(28-69-39)56-52(83)53(41(27-75)86-56)88-89(84,85)87-31(3)26-68-50(82)17-18-58(7)36(21-47(65)79)55-61(10)60(9,25-49(67)81)35(13-16-46(64)78)51(73-61)32(4)54-59(8,24-48(66)80)34(12-15-45(63)77)38(71-54)22-42-57(5,6)33(11-14-44(62)76)37(70-42)23-43(58)72-55;;/h19-20,22-23,31,33-34,36-38,41,52-53,55-56,69,75,83H,11-18,21,24-28H2,1-10H3,(H2,62,76)(H2,63,77)(H2,64,78)(H2,65,79)(H2,66,80)(H2,67,81)(H,68,82)(H,84,85);1H4;/q-4;;/b42-22-,43-23-,54-32-;;. The van der Waals surface area contributed by atoms with Crippen molar-refractivity contribution in [1.82, 2.24) is 5.32 Å². The Labute approximate surface area is 543 Å². The number of hydrogen-bond acceptors (Lipinski definition) is 15. The van der Waals surface area contributed by atoms with Crippen molar-refractivity contribution in [2.45, 2.75) is 202 Å². The van der Waals surface area contributed by atoms with Gasteiger partial charge in [-0.25, -0.2) is 4.57 Å². The number of fused-ring (bicyclic) bond motifs is 10. The number of nitrogens with zero attached hydrogens (tertiary/aromatic N) is 5. The summed E-state index contributed by atoms with van der Waals surface area (Å²) in [5.74, 6) is -6.32.